The van der Waals surface area contributed by atoms with Gasteiger partial charge in [-0.3, -0.25) is 4.79 Å². The summed E-state index contributed by atoms with van der Waals surface area (Å²) in [4.78, 5) is 12.7. The maximum absolute atomic E-state index is 12.9. The largest absolute Gasteiger partial charge is 0.506 e. The van der Waals surface area contributed by atoms with E-state index in [2.05, 4.69) is 37.2 Å². The number of halogens is 2. The fraction of sp³-hybridized carbons (Fsp3) is 0.211. The number of amides is 1. The molecule has 6 nitrogen and oxygen atoms in total. The minimum atomic E-state index is -3.57. The van der Waals surface area contributed by atoms with E-state index in [-0.39, 0.29) is 16.6 Å². The van der Waals surface area contributed by atoms with E-state index in [1.807, 2.05) is 0 Å². The molecule has 2 aromatic carbocycles. The van der Waals surface area contributed by atoms with Crippen LogP contribution in [-0.4, -0.2) is 36.8 Å². The van der Waals surface area contributed by atoms with Gasteiger partial charge >= 0.3 is 0 Å². The molecule has 0 saturated carbocycles. The van der Waals surface area contributed by atoms with Crippen molar-refractivity contribution in [2.45, 2.75) is 17.7 Å². The second-order valence-electron chi connectivity index (χ2n) is 6.66. The average Bonchev–Trinajstić information content (AvgIpc) is 3.28. The highest BCUT2D eigenvalue weighted by Gasteiger charge is 2.31. The highest BCUT2D eigenvalue weighted by Crippen LogP contribution is 2.38. The summed E-state index contributed by atoms with van der Waals surface area (Å²) < 4.78 is 28.2. The third kappa shape index (κ3) is 3.41. The van der Waals surface area contributed by atoms with E-state index in [0.717, 1.165) is 12.8 Å². The van der Waals surface area contributed by atoms with Crippen LogP contribution >= 0.6 is 31.9 Å². The Hall–Kier alpha value is -1.68. The second kappa shape index (κ2) is 7.29. The van der Waals surface area contributed by atoms with E-state index >= 15 is 0 Å². The van der Waals surface area contributed by atoms with Gasteiger partial charge < -0.3 is 10.4 Å². The molecule has 146 valence electrons. The van der Waals surface area contributed by atoms with E-state index < -0.39 is 10.0 Å². The van der Waals surface area contributed by atoms with Crippen LogP contribution < -0.4 is 5.32 Å². The molecule has 0 atom stereocenters. The van der Waals surface area contributed by atoms with Crippen LogP contribution in [0.15, 0.2) is 44.2 Å². The number of nitrogens with zero attached hydrogens (tertiary/aromatic N) is 1. The minimum absolute atomic E-state index is 0.0671. The summed E-state index contributed by atoms with van der Waals surface area (Å²) >= 11 is 6.55. The molecule has 0 bridgehead atoms. The van der Waals surface area contributed by atoms with Crippen molar-refractivity contribution in [3.63, 3.8) is 0 Å². The summed E-state index contributed by atoms with van der Waals surface area (Å²) in [5.74, 6) is -0.233. The van der Waals surface area contributed by atoms with Crippen molar-refractivity contribution < 1.29 is 18.3 Å². The third-order valence-electron chi connectivity index (χ3n) is 4.83. The summed E-state index contributed by atoms with van der Waals surface area (Å²) in [6, 6.07) is 8.08. The van der Waals surface area contributed by atoms with Gasteiger partial charge in [-0.1, -0.05) is 0 Å². The van der Waals surface area contributed by atoms with Crippen molar-refractivity contribution in [2.24, 2.45) is 0 Å². The molecule has 0 unspecified atom stereocenters. The van der Waals surface area contributed by atoms with Crippen molar-refractivity contribution in [1.82, 2.24) is 4.31 Å². The summed E-state index contributed by atoms with van der Waals surface area (Å²) in [5.41, 5.74) is 2.18. The zero-order valence-electron chi connectivity index (χ0n) is 14.6. The van der Waals surface area contributed by atoms with Gasteiger partial charge in [-0.2, -0.15) is 4.31 Å². The van der Waals surface area contributed by atoms with Crippen molar-refractivity contribution in [3.8, 4) is 5.75 Å². The number of aromatic hydroxyl groups is 1. The van der Waals surface area contributed by atoms with Gasteiger partial charge in [0.25, 0.3) is 5.91 Å². The highest BCUT2D eigenvalue weighted by molar-refractivity contribution is 9.11. The summed E-state index contributed by atoms with van der Waals surface area (Å²) in [5, 5.41) is 12.6. The molecule has 0 aliphatic carbocycles. The number of carbonyl (C=O) groups is 1. The van der Waals surface area contributed by atoms with Crippen LogP contribution in [0.5, 0.6) is 5.75 Å². The Labute approximate surface area is 179 Å². The molecule has 0 aromatic heterocycles. The standard InChI is InChI=1S/C19H16Br2N2O4S/c20-15-8-11(9-16(21)18(15)24)7-14-13-10-12(3-4-17(13)22-19(14)25)28(26,27)23-5-1-2-6-23/h3-4,7-10,24H,1-2,5-6H2,(H,22,25)/b14-7-. The van der Waals surface area contributed by atoms with E-state index in [1.165, 1.54) is 10.4 Å². The Balaban J connectivity index is 1.78. The molecule has 0 spiro atoms. The molecule has 0 radical (unpaired) electrons. The molecule has 2 aliphatic rings. The third-order valence-corrected chi connectivity index (χ3v) is 7.93. The minimum Gasteiger partial charge on any atom is -0.506 e. The van der Waals surface area contributed by atoms with Crippen molar-refractivity contribution in [3.05, 3.63) is 50.4 Å². The molecule has 2 aromatic rings. The fourth-order valence-corrected chi connectivity index (χ4v) is 6.15. The van der Waals surface area contributed by atoms with Crippen LogP contribution in [0.25, 0.3) is 11.6 Å². The molecule has 1 saturated heterocycles. The normalized spacial score (nSPS) is 18.5. The monoisotopic (exact) mass is 526 g/mol. The number of hydrogen-bond acceptors (Lipinski definition) is 4. The Morgan fingerprint density at radius 1 is 1.07 bits per heavy atom. The SMILES string of the molecule is O=C1Nc2ccc(S(=O)(=O)N3CCCC3)cc2/C1=C/c1cc(Br)c(O)c(Br)c1. The van der Waals surface area contributed by atoms with E-state index in [1.54, 1.807) is 30.3 Å². The number of fused-ring (bicyclic) bond motifs is 1. The Kier molecular flexibility index (Phi) is 5.11. The van der Waals surface area contributed by atoms with Gasteiger partial charge in [0.2, 0.25) is 10.0 Å². The van der Waals surface area contributed by atoms with Crippen molar-refractivity contribution in [2.75, 3.05) is 18.4 Å². The van der Waals surface area contributed by atoms with Crippen LogP contribution in [0.2, 0.25) is 0 Å². The number of sulfonamides is 1. The number of phenols is 1. The predicted molar refractivity (Wildman–Crippen MR) is 114 cm³/mol. The molecule has 28 heavy (non-hydrogen) atoms. The van der Waals surface area contributed by atoms with Gasteiger partial charge in [0, 0.05) is 29.9 Å². The highest BCUT2D eigenvalue weighted by atomic mass is 79.9. The Morgan fingerprint density at radius 2 is 1.71 bits per heavy atom. The number of carbonyl (C=O) groups excluding carboxylic acids is 1. The van der Waals surface area contributed by atoms with Crippen LogP contribution in [0.4, 0.5) is 5.69 Å². The average molecular weight is 528 g/mol. The van der Waals surface area contributed by atoms with Crippen molar-refractivity contribution >= 4 is 65.1 Å². The molecule has 4 rings (SSSR count). The van der Waals surface area contributed by atoms with E-state index in [0.29, 0.717) is 44.4 Å². The molecular weight excluding hydrogens is 512 g/mol. The summed E-state index contributed by atoms with van der Waals surface area (Å²) in [6.07, 6.45) is 3.39. The van der Waals surface area contributed by atoms with Gasteiger partial charge in [0.15, 0.2) is 0 Å². The van der Waals surface area contributed by atoms with Crippen LogP contribution in [0, 0.1) is 0 Å². The molecule has 2 N–H and O–H groups in total. The van der Waals surface area contributed by atoms with Gasteiger partial charge in [-0.05, 0) is 86.7 Å². The number of hydrogen-bond donors (Lipinski definition) is 2. The number of phenolic OH excluding ortho intramolecular Hbond substituents is 1. The first kappa shape index (κ1) is 19.6. The first-order valence-electron chi connectivity index (χ1n) is 8.63. The maximum atomic E-state index is 12.9. The zero-order valence-corrected chi connectivity index (χ0v) is 18.6. The molecule has 1 fully saturated rings. The van der Waals surface area contributed by atoms with Crippen LogP contribution in [0.1, 0.15) is 24.0 Å². The topological polar surface area (TPSA) is 86.7 Å². The lowest BCUT2D eigenvalue weighted by molar-refractivity contribution is -0.110. The molecular formula is C19H16Br2N2O4S. The number of anilines is 1. The molecule has 9 heteroatoms. The van der Waals surface area contributed by atoms with Gasteiger partial charge in [0.1, 0.15) is 5.75 Å². The number of benzene rings is 2. The van der Waals surface area contributed by atoms with Gasteiger partial charge in [0.05, 0.1) is 13.8 Å². The van der Waals surface area contributed by atoms with Crippen LogP contribution in [0.3, 0.4) is 0 Å². The molecule has 2 aliphatic heterocycles. The lowest BCUT2D eigenvalue weighted by Gasteiger charge is -2.16. The van der Waals surface area contributed by atoms with E-state index in [9.17, 15) is 18.3 Å². The first-order valence-corrected chi connectivity index (χ1v) is 11.7. The number of rotatable bonds is 3. The zero-order chi connectivity index (χ0) is 20.1. The predicted octanol–water partition coefficient (Wildman–Crippen LogP) is 4.19. The van der Waals surface area contributed by atoms with Crippen molar-refractivity contribution in [1.29, 1.82) is 0 Å². The second-order valence-corrected chi connectivity index (χ2v) is 10.3. The Morgan fingerprint density at radius 3 is 2.36 bits per heavy atom. The summed E-state index contributed by atoms with van der Waals surface area (Å²) in [7, 11) is -3.57. The Bertz CT molecular complexity index is 1100. The quantitative estimate of drug-likeness (QED) is 0.586. The van der Waals surface area contributed by atoms with Gasteiger partial charge in [-0.25, -0.2) is 8.42 Å². The lowest BCUT2D eigenvalue weighted by atomic mass is 10.0. The first-order chi connectivity index (χ1) is 13.3. The van der Waals surface area contributed by atoms with Gasteiger partial charge in [-0.15, -0.1) is 0 Å². The summed E-state index contributed by atoms with van der Waals surface area (Å²) in [6.45, 7) is 1.05. The fourth-order valence-electron chi connectivity index (χ4n) is 3.38. The molecule has 2 heterocycles. The molecule has 1 amide bonds. The van der Waals surface area contributed by atoms with Crippen LogP contribution in [-0.2, 0) is 14.8 Å². The maximum Gasteiger partial charge on any atom is 0.256 e. The number of nitrogens with one attached hydrogen (secondary N) is 1. The van der Waals surface area contributed by atoms with E-state index in [4.69, 9.17) is 0 Å². The lowest BCUT2D eigenvalue weighted by Crippen LogP contribution is -2.27. The smallest absolute Gasteiger partial charge is 0.256 e.